The van der Waals surface area contributed by atoms with Crippen molar-refractivity contribution in [2.45, 2.75) is 10.2 Å². The van der Waals surface area contributed by atoms with Crippen LogP contribution in [-0.4, -0.2) is 36.3 Å². The van der Waals surface area contributed by atoms with E-state index in [1.54, 1.807) is 6.07 Å². The van der Waals surface area contributed by atoms with E-state index in [-0.39, 0.29) is 5.56 Å². The van der Waals surface area contributed by atoms with E-state index >= 15 is 0 Å². The third-order valence-corrected chi connectivity index (χ3v) is 3.59. The average molecular weight is 299 g/mol. The lowest BCUT2D eigenvalue weighted by Gasteiger charge is -2.05. The lowest BCUT2D eigenvalue weighted by molar-refractivity contribution is 0.0692. The third kappa shape index (κ3) is 2.75. The van der Waals surface area contributed by atoms with Crippen molar-refractivity contribution < 1.29 is 9.90 Å². The van der Waals surface area contributed by atoms with Crippen LogP contribution in [0.15, 0.2) is 58.8 Å². The summed E-state index contributed by atoms with van der Waals surface area (Å²) in [5, 5.41) is 21.4. The van der Waals surface area contributed by atoms with Crippen LogP contribution in [0.2, 0.25) is 0 Å². The molecule has 2 aromatic heterocycles. The predicted octanol–water partition coefficient (Wildman–Crippen LogP) is 1.91. The summed E-state index contributed by atoms with van der Waals surface area (Å²) in [4.78, 5) is 15.3. The predicted molar refractivity (Wildman–Crippen MR) is 74.5 cm³/mol. The van der Waals surface area contributed by atoms with Gasteiger partial charge in [0.2, 0.25) is 5.16 Å². The summed E-state index contributed by atoms with van der Waals surface area (Å²) in [5.41, 5.74) is 0.905. The molecule has 0 saturated heterocycles. The molecule has 0 unspecified atom stereocenters. The number of nitrogens with zero attached hydrogens (tertiary/aromatic N) is 5. The molecule has 1 N–H and O–H groups in total. The Morgan fingerprint density at radius 1 is 1.14 bits per heavy atom. The van der Waals surface area contributed by atoms with E-state index in [4.69, 9.17) is 5.11 Å². The Labute approximate surface area is 123 Å². The smallest absolute Gasteiger partial charge is 0.338 e. The fourth-order valence-electron chi connectivity index (χ4n) is 1.70. The van der Waals surface area contributed by atoms with Crippen LogP contribution < -0.4 is 0 Å². The monoisotopic (exact) mass is 299 g/mol. The Hall–Kier alpha value is -2.74. The average Bonchev–Trinajstić information content (AvgIpc) is 2.96. The molecule has 0 saturated carbocycles. The highest BCUT2D eigenvalue weighted by Crippen LogP contribution is 2.27. The second-order valence-corrected chi connectivity index (χ2v) is 4.93. The molecule has 0 amide bonds. The van der Waals surface area contributed by atoms with E-state index in [1.807, 2.05) is 30.3 Å². The van der Waals surface area contributed by atoms with Gasteiger partial charge >= 0.3 is 5.97 Å². The topological polar surface area (TPSA) is 93.8 Å². The molecule has 0 aliphatic rings. The number of hydrogen-bond acceptors (Lipinski definition) is 6. The number of pyridine rings is 1. The molecule has 1 aromatic carbocycles. The molecule has 0 fully saturated rings. The van der Waals surface area contributed by atoms with Crippen molar-refractivity contribution in [1.82, 2.24) is 25.2 Å². The fourth-order valence-corrected chi connectivity index (χ4v) is 2.55. The van der Waals surface area contributed by atoms with Crippen molar-refractivity contribution in [2.75, 3.05) is 0 Å². The maximum Gasteiger partial charge on any atom is 0.338 e. The second kappa shape index (κ2) is 5.71. The van der Waals surface area contributed by atoms with E-state index in [1.165, 1.54) is 16.9 Å². The van der Waals surface area contributed by atoms with Crippen LogP contribution in [0, 0.1) is 0 Å². The van der Waals surface area contributed by atoms with Crippen LogP contribution in [0.1, 0.15) is 10.4 Å². The Morgan fingerprint density at radius 3 is 2.71 bits per heavy atom. The van der Waals surface area contributed by atoms with E-state index in [0.717, 1.165) is 17.4 Å². The van der Waals surface area contributed by atoms with Gasteiger partial charge in [0.1, 0.15) is 5.03 Å². The van der Waals surface area contributed by atoms with E-state index in [9.17, 15) is 4.79 Å². The highest BCUT2D eigenvalue weighted by atomic mass is 32.2. The zero-order chi connectivity index (χ0) is 14.7. The molecule has 0 radical (unpaired) electrons. The molecule has 21 heavy (non-hydrogen) atoms. The van der Waals surface area contributed by atoms with Gasteiger partial charge in [0.15, 0.2) is 0 Å². The number of aromatic nitrogens is 5. The van der Waals surface area contributed by atoms with Crippen molar-refractivity contribution in [1.29, 1.82) is 0 Å². The number of benzene rings is 1. The van der Waals surface area contributed by atoms with Crippen LogP contribution in [-0.2, 0) is 0 Å². The zero-order valence-corrected chi connectivity index (χ0v) is 11.4. The van der Waals surface area contributed by atoms with Crippen LogP contribution in [0.5, 0.6) is 0 Å². The number of carboxylic acid groups (broad SMARTS) is 1. The quantitative estimate of drug-likeness (QED) is 0.786. The first-order valence-corrected chi connectivity index (χ1v) is 6.77. The standard InChI is InChI=1S/C13H9N5O2S/c19-12(20)10-7-4-8-14-11(10)21-13-15-16-17-18(13)9-5-2-1-3-6-9/h1-8H,(H,19,20). The fraction of sp³-hybridized carbons (Fsp3) is 0. The van der Waals surface area contributed by atoms with E-state index in [0.29, 0.717) is 10.2 Å². The number of tetrazole rings is 1. The number of aromatic carboxylic acids is 1. The lowest BCUT2D eigenvalue weighted by atomic mass is 10.3. The molecule has 3 aromatic rings. The SMILES string of the molecule is O=C(O)c1cccnc1Sc1nnnn1-c1ccccc1. The Kier molecular flexibility index (Phi) is 3.61. The largest absolute Gasteiger partial charge is 0.478 e. The van der Waals surface area contributed by atoms with Crippen LogP contribution in [0.3, 0.4) is 0 Å². The van der Waals surface area contributed by atoms with Gasteiger partial charge in [0.05, 0.1) is 11.3 Å². The van der Waals surface area contributed by atoms with Crippen LogP contribution in [0.4, 0.5) is 0 Å². The van der Waals surface area contributed by atoms with Gasteiger partial charge < -0.3 is 5.11 Å². The molecule has 8 heteroatoms. The molecule has 7 nitrogen and oxygen atoms in total. The van der Waals surface area contributed by atoms with Crippen LogP contribution in [0.25, 0.3) is 5.69 Å². The maximum absolute atomic E-state index is 11.2. The van der Waals surface area contributed by atoms with Gasteiger partial charge in [-0.3, -0.25) is 0 Å². The lowest BCUT2D eigenvalue weighted by Crippen LogP contribution is -2.02. The maximum atomic E-state index is 11.2. The molecule has 0 spiro atoms. The summed E-state index contributed by atoms with van der Waals surface area (Å²) in [6.07, 6.45) is 1.53. The van der Waals surface area contributed by atoms with Crippen molar-refractivity contribution in [3.8, 4) is 5.69 Å². The first-order valence-electron chi connectivity index (χ1n) is 5.95. The minimum absolute atomic E-state index is 0.116. The molecular weight excluding hydrogens is 290 g/mol. The van der Waals surface area contributed by atoms with Crippen LogP contribution >= 0.6 is 11.8 Å². The van der Waals surface area contributed by atoms with E-state index < -0.39 is 5.97 Å². The van der Waals surface area contributed by atoms with Crippen molar-refractivity contribution in [2.24, 2.45) is 0 Å². The minimum atomic E-state index is -1.04. The normalized spacial score (nSPS) is 10.5. The first kappa shape index (κ1) is 13.3. The van der Waals surface area contributed by atoms with Crippen molar-refractivity contribution >= 4 is 17.7 Å². The first-order chi connectivity index (χ1) is 10.3. The highest BCUT2D eigenvalue weighted by Gasteiger charge is 2.16. The summed E-state index contributed by atoms with van der Waals surface area (Å²) in [6, 6.07) is 12.4. The summed E-state index contributed by atoms with van der Waals surface area (Å²) in [6.45, 7) is 0. The molecular formula is C13H9N5O2S. The van der Waals surface area contributed by atoms with Gasteiger partial charge in [-0.1, -0.05) is 18.2 Å². The highest BCUT2D eigenvalue weighted by molar-refractivity contribution is 7.99. The molecule has 0 aliphatic carbocycles. The molecule has 0 aliphatic heterocycles. The van der Waals surface area contributed by atoms with Gasteiger partial charge in [0.25, 0.3) is 0 Å². The molecule has 3 rings (SSSR count). The number of carboxylic acids is 1. The van der Waals surface area contributed by atoms with Gasteiger partial charge in [-0.15, -0.1) is 5.10 Å². The summed E-state index contributed by atoms with van der Waals surface area (Å²) in [5.74, 6) is -1.04. The van der Waals surface area contributed by atoms with Gasteiger partial charge in [-0.05, 0) is 46.5 Å². The molecule has 0 bridgehead atoms. The van der Waals surface area contributed by atoms with Gasteiger partial charge in [-0.25, -0.2) is 9.78 Å². The summed E-state index contributed by atoms with van der Waals surface area (Å²) < 4.78 is 1.53. The van der Waals surface area contributed by atoms with Gasteiger partial charge in [-0.2, -0.15) is 4.68 Å². The number of para-hydroxylation sites is 1. The molecule has 2 heterocycles. The Morgan fingerprint density at radius 2 is 1.95 bits per heavy atom. The zero-order valence-electron chi connectivity index (χ0n) is 10.6. The third-order valence-electron chi connectivity index (χ3n) is 2.63. The number of rotatable bonds is 4. The van der Waals surface area contributed by atoms with Gasteiger partial charge in [0, 0.05) is 6.20 Å². The van der Waals surface area contributed by atoms with Crippen molar-refractivity contribution in [3.63, 3.8) is 0 Å². The number of carbonyl (C=O) groups is 1. The van der Waals surface area contributed by atoms with E-state index in [2.05, 4.69) is 20.5 Å². The summed E-state index contributed by atoms with van der Waals surface area (Å²) >= 11 is 1.11. The minimum Gasteiger partial charge on any atom is -0.478 e. The summed E-state index contributed by atoms with van der Waals surface area (Å²) in [7, 11) is 0. The number of hydrogen-bond donors (Lipinski definition) is 1. The second-order valence-electron chi connectivity index (χ2n) is 3.97. The Bertz CT molecular complexity index is 775. The van der Waals surface area contributed by atoms with Crippen molar-refractivity contribution in [3.05, 3.63) is 54.2 Å². The molecule has 104 valence electrons. The Balaban J connectivity index is 1.98. The molecule has 0 atom stereocenters.